The minimum atomic E-state index is -1.41. The number of rotatable bonds is 3. The lowest BCUT2D eigenvalue weighted by Crippen LogP contribution is -2.58. The lowest BCUT2D eigenvalue weighted by molar-refractivity contribution is -0.287. The Hall–Kier alpha value is -1.46. The van der Waals surface area contributed by atoms with Crippen LogP contribution in [0, 0.1) is 0 Å². The van der Waals surface area contributed by atoms with E-state index >= 15 is 0 Å². The molecule has 0 amide bonds. The van der Waals surface area contributed by atoms with E-state index in [9.17, 15) is 15.3 Å². The molecule has 5 atom stereocenters. The van der Waals surface area contributed by atoms with E-state index < -0.39 is 30.7 Å². The number of methoxy groups -OCH3 is 1. The number of hydrogen-bond acceptors (Lipinski definition) is 6. The summed E-state index contributed by atoms with van der Waals surface area (Å²) in [4.78, 5) is 7.26. The average molecular weight is 277 g/mol. The van der Waals surface area contributed by atoms with Gasteiger partial charge >= 0.3 is 0 Å². The third-order valence-electron chi connectivity index (χ3n) is 2.58. The first-order valence-corrected chi connectivity index (χ1v) is 5.48. The summed E-state index contributed by atoms with van der Waals surface area (Å²) in [6, 6.07) is 0. The molecule has 1 aliphatic rings. The molecule has 1 rings (SSSR count). The van der Waals surface area contributed by atoms with Crippen LogP contribution in [-0.4, -0.2) is 71.6 Å². The van der Waals surface area contributed by atoms with Gasteiger partial charge in [-0.05, 0) is 0 Å². The maximum absolute atomic E-state index is 9.73. The molecular formula is C9H19N5O5. The van der Waals surface area contributed by atoms with Crippen molar-refractivity contribution in [1.29, 1.82) is 0 Å². The predicted octanol–water partition coefficient (Wildman–Crippen LogP) is -3.97. The molecule has 9 N–H and O–H groups in total. The van der Waals surface area contributed by atoms with Gasteiger partial charge in [0.05, 0.1) is 6.54 Å². The van der Waals surface area contributed by atoms with Crippen molar-refractivity contribution in [2.24, 2.45) is 27.2 Å². The van der Waals surface area contributed by atoms with E-state index in [2.05, 4.69) is 9.98 Å². The Balaban J connectivity index is 2.69. The van der Waals surface area contributed by atoms with Crippen molar-refractivity contribution in [1.82, 2.24) is 0 Å². The van der Waals surface area contributed by atoms with Crippen LogP contribution in [0.2, 0.25) is 0 Å². The zero-order valence-electron chi connectivity index (χ0n) is 10.4. The van der Waals surface area contributed by atoms with E-state index in [1.54, 1.807) is 0 Å². The molecule has 10 heteroatoms. The SMILES string of the molecule is COC1OC(CN=C(N)N=C(N)N)[C@@H](O)C(O)[C@H]1O. The molecule has 0 aromatic heterocycles. The summed E-state index contributed by atoms with van der Waals surface area (Å²) in [6.45, 7) is -0.104. The summed E-state index contributed by atoms with van der Waals surface area (Å²) in [5, 5.41) is 28.9. The number of nitrogens with zero attached hydrogens (tertiary/aromatic N) is 2. The molecule has 0 aliphatic carbocycles. The van der Waals surface area contributed by atoms with Gasteiger partial charge in [-0.25, -0.2) is 4.99 Å². The zero-order chi connectivity index (χ0) is 14.6. The number of nitrogens with two attached hydrogens (primary N) is 3. The quantitative estimate of drug-likeness (QED) is 0.223. The number of guanidine groups is 2. The summed E-state index contributed by atoms with van der Waals surface area (Å²) in [5.41, 5.74) is 15.6. The van der Waals surface area contributed by atoms with Crippen LogP contribution >= 0.6 is 0 Å². The van der Waals surface area contributed by atoms with Gasteiger partial charge in [0, 0.05) is 7.11 Å². The number of aliphatic imine (C=N–C) groups is 2. The second-order valence-electron chi connectivity index (χ2n) is 3.99. The van der Waals surface area contributed by atoms with Gasteiger partial charge in [0.2, 0.25) is 5.96 Å². The van der Waals surface area contributed by atoms with E-state index in [0.717, 1.165) is 0 Å². The molecule has 1 saturated heterocycles. The highest BCUT2D eigenvalue weighted by atomic mass is 16.7. The van der Waals surface area contributed by atoms with Crippen molar-refractivity contribution in [3.8, 4) is 0 Å². The summed E-state index contributed by atoms with van der Waals surface area (Å²) < 4.78 is 10.1. The Morgan fingerprint density at radius 3 is 2.32 bits per heavy atom. The van der Waals surface area contributed by atoms with Crippen molar-refractivity contribution in [2.75, 3.05) is 13.7 Å². The molecule has 0 bridgehead atoms. The molecule has 1 heterocycles. The molecule has 0 radical (unpaired) electrons. The fourth-order valence-corrected chi connectivity index (χ4v) is 1.61. The van der Waals surface area contributed by atoms with Crippen LogP contribution < -0.4 is 17.2 Å². The standard InChI is InChI=1S/C9H19N5O5/c1-18-7-6(17)5(16)4(15)3(19-7)2-13-9(12)14-8(10)11/h3-7,15-17H,2H2,1H3,(H6,10,11,12,13,14)/t3?,4-,5?,6-,7?/m1/s1. The Labute approximate surface area is 109 Å². The molecule has 1 aliphatic heterocycles. The Bertz CT molecular complexity index is 357. The minimum absolute atomic E-state index is 0.104. The van der Waals surface area contributed by atoms with Gasteiger partial charge in [0.15, 0.2) is 12.2 Å². The molecule has 1 fully saturated rings. The Morgan fingerprint density at radius 1 is 1.16 bits per heavy atom. The van der Waals surface area contributed by atoms with Gasteiger partial charge in [-0.2, -0.15) is 4.99 Å². The fourth-order valence-electron chi connectivity index (χ4n) is 1.61. The highest BCUT2D eigenvalue weighted by Crippen LogP contribution is 2.21. The van der Waals surface area contributed by atoms with E-state index in [4.69, 9.17) is 26.7 Å². The molecule has 110 valence electrons. The Morgan fingerprint density at radius 2 is 1.79 bits per heavy atom. The number of ether oxygens (including phenoxy) is 2. The van der Waals surface area contributed by atoms with Crippen LogP contribution in [0.15, 0.2) is 9.98 Å². The zero-order valence-corrected chi connectivity index (χ0v) is 10.4. The lowest BCUT2D eigenvalue weighted by Gasteiger charge is -2.39. The second-order valence-corrected chi connectivity index (χ2v) is 3.99. The van der Waals surface area contributed by atoms with Gasteiger partial charge < -0.3 is 42.0 Å². The van der Waals surface area contributed by atoms with Crippen LogP contribution in [0.25, 0.3) is 0 Å². The maximum Gasteiger partial charge on any atom is 0.218 e. The third kappa shape index (κ3) is 4.01. The third-order valence-corrected chi connectivity index (χ3v) is 2.58. The summed E-state index contributed by atoms with van der Waals surface area (Å²) in [6.07, 6.45) is -6.07. The second kappa shape index (κ2) is 6.63. The van der Waals surface area contributed by atoms with Gasteiger partial charge in [-0.1, -0.05) is 0 Å². The van der Waals surface area contributed by atoms with Crippen LogP contribution in [0.3, 0.4) is 0 Å². The highest BCUT2D eigenvalue weighted by Gasteiger charge is 2.43. The molecule has 3 unspecified atom stereocenters. The number of hydrogen-bond donors (Lipinski definition) is 6. The molecular weight excluding hydrogens is 258 g/mol. The lowest BCUT2D eigenvalue weighted by atomic mass is 9.99. The predicted molar refractivity (Wildman–Crippen MR) is 66.0 cm³/mol. The number of aliphatic hydroxyl groups is 3. The smallest absolute Gasteiger partial charge is 0.218 e. The van der Waals surface area contributed by atoms with Gasteiger partial charge in [0.25, 0.3) is 0 Å². The molecule has 0 spiro atoms. The normalized spacial score (nSPS) is 36.0. The minimum Gasteiger partial charge on any atom is -0.388 e. The largest absolute Gasteiger partial charge is 0.388 e. The van der Waals surface area contributed by atoms with Gasteiger partial charge in [-0.15, -0.1) is 0 Å². The van der Waals surface area contributed by atoms with Crippen molar-refractivity contribution in [3.63, 3.8) is 0 Å². The summed E-state index contributed by atoms with van der Waals surface area (Å²) in [7, 11) is 1.30. The van der Waals surface area contributed by atoms with E-state index in [1.807, 2.05) is 0 Å². The highest BCUT2D eigenvalue weighted by molar-refractivity contribution is 5.92. The Kier molecular flexibility index (Phi) is 5.44. The van der Waals surface area contributed by atoms with Gasteiger partial charge in [0.1, 0.15) is 24.4 Å². The topological polar surface area (TPSA) is 182 Å². The monoisotopic (exact) mass is 277 g/mol. The summed E-state index contributed by atoms with van der Waals surface area (Å²) >= 11 is 0. The van der Waals surface area contributed by atoms with E-state index in [1.165, 1.54) is 7.11 Å². The van der Waals surface area contributed by atoms with Crippen molar-refractivity contribution in [2.45, 2.75) is 30.7 Å². The van der Waals surface area contributed by atoms with Crippen LogP contribution in [0.5, 0.6) is 0 Å². The summed E-state index contributed by atoms with van der Waals surface area (Å²) in [5.74, 6) is -0.443. The van der Waals surface area contributed by atoms with Crippen molar-refractivity contribution in [3.05, 3.63) is 0 Å². The molecule has 0 saturated carbocycles. The first kappa shape index (κ1) is 15.6. The van der Waals surface area contributed by atoms with E-state index in [0.29, 0.717) is 0 Å². The van der Waals surface area contributed by atoms with Crippen LogP contribution in [0.4, 0.5) is 0 Å². The van der Waals surface area contributed by atoms with Gasteiger partial charge in [-0.3, -0.25) is 0 Å². The van der Waals surface area contributed by atoms with Crippen LogP contribution in [0.1, 0.15) is 0 Å². The fraction of sp³-hybridized carbons (Fsp3) is 0.778. The molecule has 0 aromatic rings. The van der Waals surface area contributed by atoms with Crippen molar-refractivity contribution >= 4 is 11.9 Å². The first-order valence-electron chi connectivity index (χ1n) is 5.48. The van der Waals surface area contributed by atoms with Crippen molar-refractivity contribution < 1.29 is 24.8 Å². The van der Waals surface area contributed by atoms with E-state index in [-0.39, 0.29) is 18.5 Å². The first-order chi connectivity index (χ1) is 8.86. The average Bonchev–Trinajstić information content (AvgIpc) is 2.34. The molecule has 19 heavy (non-hydrogen) atoms. The molecule has 10 nitrogen and oxygen atoms in total. The van der Waals surface area contributed by atoms with Crippen LogP contribution in [-0.2, 0) is 9.47 Å². The molecule has 0 aromatic carbocycles. The number of aliphatic hydroxyl groups excluding tert-OH is 3. The maximum atomic E-state index is 9.73.